The summed E-state index contributed by atoms with van der Waals surface area (Å²) in [4.78, 5) is 30.5. The van der Waals surface area contributed by atoms with Gasteiger partial charge in [0.05, 0.1) is 6.42 Å². The Balaban J connectivity index is 1.58. The van der Waals surface area contributed by atoms with Crippen molar-refractivity contribution >= 4 is 17.5 Å². The molecule has 170 valence electrons. The lowest BCUT2D eigenvalue weighted by Gasteiger charge is -2.28. The van der Waals surface area contributed by atoms with E-state index >= 15 is 0 Å². The molecule has 1 heterocycles. The minimum atomic E-state index is 0.165. The Morgan fingerprint density at radius 2 is 1.50 bits per heavy atom. The molecule has 2 aromatic rings. The highest BCUT2D eigenvalue weighted by atomic mass is 16.2. The number of fused-ring (bicyclic) bond motifs is 1. The van der Waals surface area contributed by atoms with Gasteiger partial charge in [0.1, 0.15) is 0 Å². The van der Waals surface area contributed by atoms with E-state index in [-0.39, 0.29) is 17.7 Å². The molecule has 2 amide bonds. The lowest BCUT2D eigenvalue weighted by atomic mass is 10.1. The molecule has 0 spiro atoms. The summed E-state index contributed by atoms with van der Waals surface area (Å²) in [6, 6.07) is 16.4. The predicted molar refractivity (Wildman–Crippen MR) is 130 cm³/mol. The van der Waals surface area contributed by atoms with Gasteiger partial charge < -0.3 is 9.80 Å². The second kappa shape index (κ2) is 10.8. The first-order valence-corrected chi connectivity index (χ1v) is 12.3. The molecule has 4 nitrogen and oxygen atoms in total. The number of nitrogens with zero attached hydrogens (tertiary/aromatic N) is 2. The van der Waals surface area contributed by atoms with Crippen LogP contribution in [0.4, 0.5) is 5.69 Å². The van der Waals surface area contributed by atoms with Crippen LogP contribution in [0.5, 0.6) is 0 Å². The van der Waals surface area contributed by atoms with E-state index in [0.717, 1.165) is 68.4 Å². The van der Waals surface area contributed by atoms with Gasteiger partial charge >= 0.3 is 0 Å². The molecule has 1 saturated carbocycles. The van der Waals surface area contributed by atoms with Crippen LogP contribution in [0.1, 0.15) is 68.1 Å². The van der Waals surface area contributed by atoms with E-state index in [4.69, 9.17) is 0 Å². The summed E-state index contributed by atoms with van der Waals surface area (Å²) in [7, 11) is 0. The summed E-state index contributed by atoms with van der Waals surface area (Å²) in [6.07, 6.45) is 9.24. The molecule has 0 atom stereocenters. The summed E-state index contributed by atoms with van der Waals surface area (Å²) in [5.74, 6) is 0.626. The van der Waals surface area contributed by atoms with E-state index < -0.39 is 0 Å². The summed E-state index contributed by atoms with van der Waals surface area (Å²) in [5.41, 5.74) is 4.34. The first-order valence-electron chi connectivity index (χ1n) is 12.3. The second-order valence-electron chi connectivity index (χ2n) is 9.49. The third-order valence-corrected chi connectivity index (χ3v) is 6.72. The monoisotopic (exact) mass is 432 g/mol. The van der Waals surface area contributed by atoms with Crippen LogP contribution in [0.2, 0.25) is 0 Å². The van der Waals surface area contributed by atoms with Crippen molar-refractivity contribution in [3.63, 3.8) is 0 Å². The molecule has 0 N–H and O–H groups in total. The number of carbonyl (C=O) groups excluding carboxylic acids is 2. The van der Waals surface area contributed by atoms with Crippen molar-refractivity contribution in [1.82, 2.24) is 4.90 Å². The molecule has 0 aromatic heterocycles. The normalized spacial score (nSPS) is 18.2. The van der Waals surface area contributed by atoms with Gasteiger partial charge in [0.2, 0.25) is 11.8 Å². The fraction of sp³-hybridized carbons (Fsp3) is 0.500. The van der Waals surface area contributed by atoms with Gasteiger partial charge in [-0.1, -0.05) is 73.7 Å². The molecule has 0 saturated heterocycles. The third-order valence-electron chi connectivity index (χ3n) is 6.72. The van der Waals surface area contributed by atoms with Crippen molar-refractivity contribution in [2.24, 2.45) is 5.92 Å². The van der Waals surface area contributed by atoms with E-state index in [1.807, 2.05) is 21.9 Å². The average molecular weight is 433 g/mol. The Kier molecular flexibility index (Phi) is 7.62. The highest BCUT2D eigenvalue weighted by molar-refractivity contribution is 5.97. The zero-order chi connectivity index (χ0) is 22.3. The lowest BCUT2D eigenvalue weighted by molar-refractivity contribution is -0.131. The molecule has 4 heteroatoms. The Hall–Kier alpha value is -2.62. The van der Waals surface area contributed by atoms with Gasteiger partial charge in [-0.05, 0) is 49.8 Å². The quantitative estimate of drug-likeness (QED) is 0.628. The molecule has 4 rings (SSSR count). The molecule has 1 fully saturated rings. The number of rotatable bonds is 3. The van der Waals surface area contributed by atoms with E-state index in [1.165, 1.54) is 18.4 Å². The van der Waals surface area contributed by atoms with Gasteiger partial charge in [-0.25, -0.2) is 0 Å². The molecule has 1 aliphatic heterocycles. The molecule has 2 aromatic carbocycles. The standard InChI is InChI=1S/C28H36N2O2/c1-22-12-14-23(15-13-22)20-27(31)29-18-8-4-2-3-5-9-19-30(28(32)24-16-17-24)26-11-7-6-10-25(26)21-29/h6-7,10-15,24H,2-5,8-9,16-21H2,1H3. The van der Waals surface area contributed by atoms with Crippen molar-refractivity contribution in [1.29, 1.82) is 0 Å². The van der Waals surface area contributed by atoms with Crippen LogP contribution in [0.3, 0.4) is 0 Å². The summed E-state index contributed by atoms with van der Waals surface area (Å²) in [6.45, 7) is 4.19. The van der Waals surface area contributed by atoms with Gasteiger partial charge in [-0.2, -0.15) is 0 Å². The number of benzene rings is 2. The van der Waals surface area contributed by atoms with Crippen molar-refractivity contribution < 1.29 is 9.59 Å². The zero-order valence-corrected chi connectivity index (χ0v) is 19.4. The highest BCUT2D eigenvalue weighted by Crippen LogP contribution is 2.34. The van der Waals surface area contributed by atoms with Crippen LogP contribution in [-0.4, -0.2) is 29.8 Å². The average Bonchev–Trinajstić information content (AvgIpc) is 3.64. The van der Waals surface area contributed by atoms with Crippen LogP contribution in [0, 0.1) is 12.8 Å². The molecule has 32 heavy (non-hydrogen) atoms. The van der Waals surface area contributed by atoms with Gasteiger partial charge in [-0.3, -0.25) is 9.59 Å². The Bertz CT molecular complexity index is 917. The first-order chi connectivity index (χ1) is 15.6. The minimum absolute atomic E-state index is 0.165. The molecule has 0 bridgehead atoms. The van der Waals surface area contributed by atoms with Gasteiger partial charge in [-0.15, -0.1) is 0 Å². The van der Waals surface area contributed by atoms with Crippen molar-refractivity contribution in [2.45, 2.75) is 71.3 Å². The predicted octanol–water partition coefficient (Wildman–Crippen LogP) is 5.66. The number of para-hydroxylation sites is 1. The molecule has 0 unspecified atom stereocenters. The third kappa shape index (κ3) is 5.99. The molecular formula is C28H36N2O2. The number of hydrogen-bond acceptors (Lipinski definition) is 2. The van der Waals surface area contributed by atoms with E-state index in [9.17, 15) is 9.59 Å². The smallest absolute Gasteiger partial charge is 0.230 e. The van der Waals surface area contributed by atoms with E-state index in [1.54, 1.807) is 0 Å². The zero-order valence-electron chi connectivity index (χ0n) is 19.4. The first kappa shape index (κ1) is 22.6. The lowest BCUT2D eigenvalue weighted by Crippen LogP contribution is -2.36. The van der Waals surface area contributed by atoms with E-state index in [0.29, 0.717) is 13.0 Å². The maximum Gasteiger partial charge on any atom is 0.230 e. The number of amides is 2. The minimum Gasteiger partial charge on any atom is -0.338 e. The molecule has 1 aliphatic carbocycles. The summed E-state index contributed by atoms with van der Waals surface area (Å²) >= 11 is 0. The Morgan fingerprint density at radius 3 is 2.22 bits per heavy atom. The van der Waals surface area contributed by atoms with Crippen molar-refractivity contribution in [3.8, 4) is 0 Å². The van der Waals surface area contributed by atoms with Crippen molar-refractivity contribution in [3.05, 3.63) is 65.2 Å². The molecular weight excluding hydrogens is 396 g/mol. The van der Waals surface area contributed by atoms with Crippen LogP contribution >= 0.6 is 0 Å². The maximum absolute atomic E-state index is 13.3. The van der Waals surface area contributed by atoms with Gasteiger partial charge in [0.15, 0.2) is 0 Å². The summed E-state index contributed by atoms with van der Waals surface area (Å²) < 4.78 is 0. The number of hydrogen-bond donors (Lipinski definition) is 0. The Morgan fingerprint density at radius 1 is 0.844 bits per heavy atom. The largest absolute Gasteiger partial charge is 0.338 e. The molecule has 0 radical (unpaired) electrons. The topological polar surface area (TPSA) is 40.6 Å². The number of anilines is 1. The van der Waals surface area contributed by atoms with Crippen molar-refractivity contribution in [2.75, 3.05) is 18.0 Å². The van der Waals surface area contributed by atoms with Crippen LogP contribution < -0.4 is 4.90 Å². The van der Waals surface area contributed by atoms with Gasteiger partial charge in [0, 0.05) is 31.2 Å². The fourth-order valence-electron chi connectivity index (χ4n) is 4.58. The molecule has 2 aliphatic rings. The SMILES string of the molecule is Cc1ccc(CC(=O)N2CCCCCCCCN(C(=O)C3CC3)c3ccccc3C2)cc1. The van der Waals surface area contributed by atoms with Gasteiger partial charge in [0.25, 0.3) is 0 Å². The van der Waals surface area contributed by atoms with Crippen LogP contribution in [-0.2, 0) is 22.6 Å². The highest BCUT2D eigenvalue weighted by Gasteiger charge is 2.34. The Labute approximate surface area is 192 Å². The van der Waals surface area contributed by atoms with E-state index in [2.05, 4.69) is 43.3 Å². The fourth-order valence-corrected chi connectivity index (χ4v) is 4.58. The maximum atomic E-state index is 13.3. The second-order valence-corrected chi connectivity index (χ2v) is 9.49. The number of carbonyl (C=O) groups is 2. The van der Waals surface area contributed by atoms with Crippen LogP contribution in [0.15, 0.2) is 48.5 Å². The number of aryl methyl sites for hydroxylation is 1. The van der Waals surface area contributed by atoms with Crippen LogP contribution in [0.25, 0.3) is 0 Å². The summed E-state index contributed by atoms with van der Waals surface area (Å²) in [5, 5.41) is 0.